The number of methoxy groups -OCH3 is 1. The molecule has 1 amide bonds. The zero-order chi connectivity index (χ0) is 13.4. The fourth-order valence-corrected chi connectivity index (χ4v) is 3.47. The molecule has 0 aromatic rings. The van der Waals surface area contributed by atoms with Crippen LogP contribution in [0.25, 0.3) is 0 Å². The van der Waals surface area contributed by atoms with E-state index in [1.54, 1.807) is 0 Å². The molecule has 3 fully saturated rings. The number of carbonyl (C=O) groups excluding carboxylic acids is 2. The Balaban J connectivity index is 1.73. The lowest BCUT2D eigenvalue weighted by molar-refractivity contribution is -0.157. The second-order valence-electron chi connectivity index (χ2n) is 6.27. The molecule has 3 aliphatic rings. The highest BCUT2D eigenvalue weighted by atomic mass is 16.5. The van der Waals surface area contributed by atoms with Gasteiger partial charge in [0.15, 0.2) is 0 Å². The summed E-state index contributed by atoms with van der Waals surface area (Å²) < 4.78 is 4.87. The average molecular weight is 265 g/mol. The monoisotopic (exact) mass is 265 g/mol. The summed E-state index contributed by atoms with van der Waals surface area (Å²) in [6.45, 7) is 0.731. The minimum Gasteiger partial charge on any atom is -0.467 e. The molecule has 2 aliphatic carbocycles. The molecule has 0 aromatic heterocycles. The van der Waals surface area contributed by atoms with Gasteiger partial charge in [-0.2, -0.15) is 0 Å². The number of carbonyl (C=O) groups is 2. The SMILES string of the molecule is COC(=O)C1CCCCN1C(=O)C(C1CC1)C1CC1. The van der Waals surface area contributed by atoms with E-state index >= 15 is 0 Å². The number of esters is 1. The summed E-state index contributed by atoms with van der Waals surface area (Å²) in [5, 5.41) is 0. The van der Waals surface area contributed by atoms with Gasteiger partial charge in [-0.25, -0.2) is 4.79 Å². The van der Waals surface area contributed by atoms with Crippen molar-refractivity contribution in [3.8, 4) is 0 Å². The quantitative estimate of drug-likeness (QED) is 0.730. The molecule has 1 aliphatic heterocycles. The fourth-order valence-electron chi connectivity index (χ4n) is 3.47. The lowest BCUT2D eigenvalue weighted by Crippen LogP contribution is -2.51. The van der Waals surface area contributed by atoms with E-state index in [1.807, 2.05) is 4.90 Å². The molecule has 2 saturated carbocycles. The first-order valence-electron chi connectivity index (χ1n) is 7.60. The van der Waals surface area contributed by atoms with Gasteiger partial charge in [0.1, 0.15) is 6.04 Å². The number of rotatable bonds is 4. The van der Waals surface area contributed by atoms with Crippen LogP contribution in [0.1, 0.15) is 44.9 Å². The van der Waals surface area contributed by atoms with Crippen LogP contribution in [0.4, 0.5) is 0 Å². The molecule has 106 valence electrons. The zero-order valence-corrected chi connectivity index (χ0v) is 11.6. The van der Waals surface area contributed by atoms with Crippen molar-refractivity contribution in [1.82, 2.24) is 4.90 Å². The lowest BCUT2D eigenvalue weighted by atomic mass is 9.93. The third kappa shape index (κ3) is 2.63. The molecule has 19 heavy (non-hydrogen) atoms. The van der Waals surface area contributed by atoms with Crippen LogP contribution < -0.4 is 0 Å². The third-order valence-corrected chi connectivity index (χ3v) is 4.80. The maximum atomic E-state index is 12.8. The molecule has 0 aromatic carbocycles. The number of likely N-dealkylation sites (tertiary alicyclic amines) is 1. The van der Waals surface area contributed by atoms with E-state index in [1.165, 1.54) is 32.8 Å². The van der Waals surface area contributed by atoms with Gasteiger partial charge in [0.2, 0.25) is 5.91 Å². The fraction of sp³-hybridized carbons (Fsp3) is 0.867. The summed E-state index contributed by atoms with van der Waals surface area (Å²) in [7, 11) is 1.42. The van der Waals surface area contributed by atoms with Crippen molar-refractivity contribution in [2.45, 2.75) is 51.0 Å². The van der Waals surface area contributed by atoms with E-state index < -0.39 is 0 Å². The predicted molar refractivity (Wildman–Crippen MR) is 70.3 cm³/mol. The third-order valence-electron chi connectivity index (χ3n) is 4.80. The second-order valence-corrected chi connectivity index (χ2v) is 6.27. The molecule has 0 bridgehead atoms. The van der Waals surface area contributed by atoms with E-state index in [0.717, 1.165) is 25.8 Å². The summed E-state index contributed by atoms with van der Waals surface area (Å²) in [5.41, 5.74) is 0. The molecular formula is C15H23NO3. The molecule has 4 heteroatoms. The molecule has 0 N–H and O–H groups in total. The number of piperidine rings is 1. The highest BCUT2D eigenvalue weighted by molar-refractivity contribution is 5.86. The van der Waals surface area contributed by atoms with Crippen molar-refractivity contribution < 1.29 is 14.3 Å². The van der Waals surface area contributed by atoms with Crippen LogP contribution in [-0.4, -0.2) is 36.5 Å². The average Bonchev–Trinajstić information content (AvgIpc) is 3.32. The maximum Gasteiger partial charge on any atom is 0.328 e. The van der Waals surface area contributed by atoms with Crippen molar-refractivity contribution in [2.75, 3.05) is 13.7 Å². The lowest BCUT2D eigenvalue weighted by Gasteiger charge is -2.36. The van der Waals surface area contributed by atoms with E-state index in [9.17, 15) is 9.59 Å². The second kappa shape index (κ2) is 5.14. The number of amides is 1. The topological polar surface area (TPSA) is 46.6 Å². The summed E-state index contributed by atoms with van der Waals surface area (Å²) in [6.07, 6.45) is 7.59. The standard InChI is InChI=1S/C15H23NO3/c1-19-15(18)12-4-2-3-9-16(12)14(17)13(10-5-6-10)11-7-8-11/h10-13H,2-9H2,1H3. The van der Waals surface area contributed by atoms with Gasteiger partial charge in [0, 0.05) is 12.5 Å². The van der Waals surface area contributed by atoms with Gasteiger partial charge < -0.3 is 9.64 Å². The van der Waals surface area contributed by atoms with Crippen LogP contribution in [0.2, 0.25) is 0 Å². The van der Waals surface area contributed by atoms with Gasteiger partial charge in [-0.05, 0) is 56.8 Å². The number of ether oxygens (including phenoxy) is 1. The minimum absolute atomic E-state index is 0.199. The number of nitrogens with zero attached hydrogens (tertiary/aromatic N) is 1. The summed E-state index contributed by atoms with van der Waals surface area (Å²) >= 11 is 0. The molecule has 0 radical (unpaired) electrons. The van der Waals surface area contributed by atoms with Crippen molar-refractivity contribution in [2.24, 2.45) is 17.8 Å². The Bertz CT molecular complexity index is 362. The summed E-state index contributed by atoms with van der Waals surface area (Å²) in [4.78, 5) is 26.5. The van der Waals surface area contributed by atoms with E-state index in [2.05, 4.69) is 0 Å². The van der Waals surface area contributed by atoms with Gasteiger partial charge in [-0.15, -0.1) is 0 Å². The molecule has 4 nitrogen and oxygen atoms in total. The first kappa shape index (κ1) is 12.9. The Morgan fingerprint density at radius 3 is 2.21 bits per heavy atom. The Labute approximate surface area is 114 Å². The van der Waals surface area contributed by atoms with Crippen LogP contribution in [0.3, 0.4) is 0 Å². The van der Waals surface area contributed by atoms with Crippen molar-refractivity contribution in [1.29, 1.82) is 0 Å². The summed E-state index contributed by atoms with van der Waals surface area (Å²) in [6, 6.07) is -0.328. The minimum atomic E-state index is -0.328. The highest BCUT2D eigenvalue weighted by Crippen LogP contribution is 2.50. The van der Waals surface area contributed by atoms with Gasteiger partial charge in [-0.1, -0.05) is 0 Å². The van der Waals surface area contributed by atoms with Crippen LogP contribution >= 0.6 is 0 Å². The normalized spacial score (nSPS) is 27.5. The van der Waals surface area contributed by atoms with E-state index in [0.29, 0.717) is 11.8 Å². The van der Waals surface area contributed by atoms with Crippen LogP contribution in [0.5, 0.6) is 0 Å². The van der Waals surface area contributed by atoms with Gasteiger partial charge in [0.05, 0.1) is 7.11 Å². The summed E-state index contributed by atoms with van der Waals surface area (Å²) in [5.74, 6) is 1.39. The molecular weight excluding hydrogens is 242 g/mol. The Hall–Kier alpha value is -1.06. The smallest absolute Gasteiger partial charge is 0.328 e. The first-order chi connectivity index (χ1) is 9.22. The van der Waals surface area contributed by atoms with Crippen LogP contribution in [0.15, 0.2) is 0 Å². The molecule has 1 heterocycles. The largest absolute Gasteiger partial charge is 0.467 e. The van der Waals surface area contributed by atoms with Crippen LogP contribution in [0, 0.1) is 17.8 Å². The molecule has 1 unspecified atom stereocenters. The maximum absolute atomic E-state index is 12.8. The van der Waals surface area contributed by atoms with Crippen LogP contribution in [-0.2, 0) is 14.3 Å². The first-order valence-corrected chi connectivity index (χ1v) is 7.60. The molecule has 1 atom stereocenters. The van der Waals surface area contributed by atoms with Crippen molar-refractivity contribution in [3.63, 3.8) is 0 Å². The Kier molecular flexibility index (Phi) is 3.50. The Morgan fingerprint density at radius 2 is 1.68 bits per heavy atom. The van der Waals surface area contributed by atoms with Crippen molar-refractivity contribution >= 4 is 11.9 Å². The molecule has 3 rings (SSSR count). The molecule has 1 saturated heterocycles. The number of hydrogen-bond donors (Lipinski definition) is 0. The molecule has 0 spiro atoms. The number of hydrogen-bond acceptors (Lipinski definition) is 3. The van der Waals surface area contributed by atoms with Gasteiger partial charge >= 0.3 is 5.97 Å². The van der Waals surface area contributed by atoms with Crippen molar-refractivity contribution in [3.05, 3.63) is 0 Å². The zero-order valence-electron chi connectivity index (χ0n) is 11.6. The predicted octanol–water partition coefficient (Wildman–Crippen LogP) is 1.98. The van der Waals surface area contributed by atoms with E-state index in [4.69, 9.17) is 4.74 Å². The van der Waals surface area contributed by atoms with E-state index in [-0.39, 0.29) is 23.8 Å². The highest BCUT2D eigenvalue weighted by Gasteiger charge is 2.48. The van der Waals surface area contributed by atoms with Gasteiger partial charge in [-0.3, -0.25) is 4.79 Å². The Morgan fingerprint density at radius 1 is 1.05 bits per heavy atom. The van der Waals surface area contributed by atoms with Gasteiger partial charge in [0.25, 0.3) is 0 Å².